The van der Waals surface area contributed by atoms with Crippen molar-refractivity contribution in [3.63, 3.8) is 0 Å². The standard InChI is InChI=1S/C16H20N2O7/c1-11(2)25-15(19)10-24-16(20)13-9-12(18(21)22)3-4-14(13)17-5-7-23-8-6-17/h3-4,9,11H,5-8,10H2,1-2H3. The van der Waals surface area contributed by atoms with Crippen LogP contribution in [0.3, 0.4) is 0 Å². The van der Waals surface area contributed by atoms with Gasteiger partial charge in [-0.25, -0.2) is 9.59 Å². The van der Waals surface area contributed by atoms with Crippen LogP contribution in [0.5, 0.6) is 0 Å². The highest BCUT2D eigenvalue weighted by molar-refractivity contribution is 5.97. The summed E-state index contributed by atoms with van der Waals surface area (Å²) in [4.78, 5) is 36.2. The first-order valence-corrected chi connectivity index (χ1v) is 7.86. The van der Waals surface area contributed by atoms with E-state index in [1.165, 1.54) is 12.1 Å². The Morgan fingerprint density at radius 2 is 2.00 bits per heavy atom. The van der Waals surface area contributed by atoms with Gasteiger partial charge in [-0.15, -0.1) is 0 Å². The highest BCUT2D eigenvalue weighted by Gasteiger charge is 2.23. The second kappa shape index (κ2) is 8.43. The number of morpholine rings is 1. The molecule has 1 fully saturated rings. The maximum Gasteiger partial charge on any atom is 0.344 e. The first-order chi connectivity index (χ1) is 11.9. The Morgan fingerprint density at radius 1 is 1.32 bits per heavy atom. The van der Waals surface area contributed by atoms with E-state index in [2.05, 4.69) is 0 Å². The van der Waals surface area contributed by atoms with Gasteiger partial charge in [-0.1, -0.05) is 0 Å². The van der Waals surface area contributed by atoms with E-state index in [-0.39, 0.29) is 17.4 Å². The van der Waals surface area contributed by atoms with Crippen molar-refractivity contribution in [2.24, 2.45) is 0 Å². The maximum atomic E-state index is 12.4. The van der Waals surface area contributed by atoms with Crippen molar-refractivity contribution in [2.75, 3.05) is 37.8 Å². The maximum absolute atomic E-state index is 12.4. The summed E-state index contributed by atoms with van der Waals surface area (Å²) in [5, 5.41) is 11.0. The predicted molar refractivity (Wildman–Crippen MR) is 87.6 cm³/mol. The second-order valence-corrected chi connectivity index (χ2v) is 5.67. The zero-order valence-electron chi connectivity index (χ0n) is 14.1. The smallest absolute Gasteiger partial charge is 0.344 e. The lowest BCUT2D eigenvalue weighted by Gasteiger charge is -2.30. The summed E-state index contributed by atoms with van der Waals surface area (Å²) in [7, 11) is 0. The number of nitrogens with zero attached hydrogens (tertiary/aromatic N) is 2. The molecule has 0 unspecified atom stereocenters. The van der Waals surface area contributed by atoms with Crippen LogP contribution in [-0.4, -0.2) is 55.9 Å². The van der Waals surface area contributed by atoms with Crippen molar-refractivity contribution in [3.05, 3.63) is 33.9 Å². The Balaban J connectivity index is 2.19. The van der Waals surface area contributed by atoms with Gasteiger partial charge in [0, 0.05) is 25.2 Å². The number of hydrogen-bond acceptors (Lipinski definition) is 8. The summed E-state index contributed by atoms with van der Waals surface area (Å²) >= 11 is 0. The van der Waals surface area contributed by atoms with Crippen LogP contribution in [0.2, 0.25) is 0 Å². The number of carbonyl (C=O) groups excluding carboxylic acids is 2. The normalized spacial score (nSPS) is 14.3. The van der Waals surface area contributed by atoms with Crippen molar-refractivity contribution >= 4 is 23.3 Å². The van der Waals surface area contributed by atoms with Crippen LogP contribution >= 0.6 is 0 Å². The summed E-state index contributed by atoms with van der Waals surface area (Å²) in [6.45, 7) is 4.88. The van der Waals surface area contributed by atoms with E-state index in [9.17, 15) is 19.7 Å². The van der Waals surface area contributed by atoms with E-state index in [1.54, 1.807) is 13.8 Å². The van der Waals surface area contributed by atoms with Gasteiger partial charge in [0.1, 0.15) is 0 Å². The fourth-order valence-electron chi connectivity index (χ4n) is 2.38. The minimum absolute atomic E-state index is 0.0356. The minimum Gasteiger partial charge on any atom is -0.460 e. The average molecular weight is 352 g/mol. The van der Waals surface area contributed by atoms with E-state index in [0.29, 0.717) is 32.0 Å². The largest absolute Gasteiger partial charge is 0.460 e. The summed E-state index contributed by atoms with van der Waals surface area (Å²) < 4.78 is 15.1. The van der Waals surface area contributed by atoms with Gasteiger partial charge in [-0.3, -0.25) is 10.1 Å². The SMILES string of the molecule is CC(C)OC(=O)COC(=O)c1cc([N+](=O)[O-])ccc1N1CCOCC1. The molecule has 0 amide bonds. The topological polar surface area (TPSA) is 108 Å². The average Bonchev–Trinajstić information content (AvgIpc) is 2.59. The molecule has 0 atom stereocenters. The van der Waals surface area contributed by atoms with Gasteiger partial charge in [0.05, 0.1) is 35.5 Å². The molecule has 25 heavy (non-hydrogen) atoms. The van der Waals surface area contributed by atoms with Crippen LogP contribution in [-0.2, 0) is 19.0 Å². The predicted octanol–water partition coefficient (Wildman–Crippen LogP) is 1.54. The molecule has 0 N–H and O–H groups in total. The molecule has 9 nitrogen and oxygen atoms in total. The highest BCUT2D eigenvalue weighted by Crippen LogP contribution is 2.27. The lowest BCUT2D eigenvalue weighted by atomic mass is 10.1. The fourth-order valence-corrected chi connectivity index (χ4v) is 2.38. The number of nitro benzene ring substituents is 1. The first kappa shape index (κ1) is 18.7. The Kier molecular flexibility index (Phi) is 6.29. The van der Waals surface area contributed by atoms with E-state index in [0.717, 1.165) is 6.07 Å². The number of nitro groups is 1. The molecule has 1 heterocycles. The van der Waals surface area contributed by atoms with Gasteiger partial charge in [0.25, 0.3) is 5.69 Å². The molecule has 1 aromatic rings. The number of carbonyl (C=O) groups is 2. The minimum atomic E-state index is -0.814. The third-order valence-corrected chi connectivity index (χ3v) is 3.45. The number of rotatable bonds is 6. The number of hydrogen-bond donors (Lipinski definition) is 0. The summed E-state index contributed by atoms with van der Waals surface area (Å²) in [6, 6.07) is 3.99. The van der Waals surface area contributed by atoms with Gasteiger partial charge in [-0.2, -0.15) is 0 Å². The zero-order chi connectivity index (χ0) is 18.4. The number of non-ortho nitro benzene ring substituents is 1. The molecule has 1 aromatic carbocycles. The van der Waals surface area contributed by atoms with Gasteiger partial charge in [0.2, 0.25) is 0 Å². The van der Waals surface area contributed by atoms with Gasteiger partial charge < -0.3 is 19.1 Å². The summed E-state index contributed by atoms with van der Waals surface area (Å²) in [5.74, 6) is -1.49. The van der Waals surface area contributed by atoms with Crippen molar-refractivity contribution in [1.82, 2.24) is 0 Å². The highest BCUT2D eigenvalue weighted by atomic mass is 16.6. The number of anilines is 1. The molecular weight excluding hydrogens is 332 g/mol. The fraction of sp³-hybridized carbons (Fsp3) is 0.500. The van der Waals surface area contributed by atoms with Gasteiger partial charge >= 0.3 is 11.9 Å². The quantitative estimate of drug-likeness (QED) is 0.431. The molecular formula is C16H20N2O7. The summed E-state index contributed by atoms with van der Waals surface area (Å²) in [5.41, 5.74) is 0.318. The van der Waals surface area contributed by atoms with E-state index >= 15 is 0 Å². The number of benzene rings is 1. The van der Waals surface area contributed by atoms with E-state index in [1.807, 2.05) is 4.90 Å². The molecule has 0 aliphatic carbocycles. The molecule has 1 aliphatic heterocycles. The zero-order valence-corrected chi connectivity index (χ0v) is 14.1. The van der Waals surface area contributed by atoms with Crippen molar-refractivity contribution < 1.29 is 28.7 Å². The van der Waals surface area contributed by atoms with Crippen LogP contribution in [0.4, 0.5) is 11.4 Å². The molecule has 136 valence electrons. The lowest BCUT2D eigenvalue weighted by Crippen LogP contribution is -2.37. The number of ether oxygens (including phenoxy) is 3. The molecule has 0 saturated carbocycles. The molecule has 0 bridgehead atoms. The molecule has 1 aliphatic rings. The van der Waals surface area contributed by atoms with Crippen molar-refractivity contribution in [2.45, 2.75) is 20.0 Å². The number of esters is 2. The van der Waals surface area contributed by atoms with Crippen LogP contribution in [0.25, 0.3) is 0 Å². The van der Waals surface area contributed by atoms with Crippen molar-refractivity contribution in [3.8, 4) is 0 Å². The Hall–Kier alpha value is -2.68. The molecule has 1 saturated heterocycles. The molecule has 9 heteroatoms. The Morgan fingerprint density at radius 3 is 2.60 bits per heavy atom. The van der Waals surface area contributed by atoms with E-state index in [4.69, 9.17) is 14.2 Å². The first-order valence-electron chi connectivity index (χ1n) is 7.86. The summed E-state index contributed by atoms with van der Waals surface area (Å²) in [6.07, 6.45) is -0.326. The van der Waals surface area contributed by atoms with Crippen LogP contribution in [0, 0.1) is 10.1 Å². The second-order valence-electron chi connectivity index (χ2n) is 5.67. The van der Waals surface area contributed by atoms with Crippen LogP contribution in [0.1, 0.15) is 24.2 Å². The molecule has 0 aromatic heterocycles. The Bertz CT molecular complexity index is 654. The third kappa shape index (κ3) is 5.15. The third-order valence-electron chi connectivity index (χ3n) is 3.45. The monoisotopic (exact) mass is 352 g/mol. The molecule has 0 radical (unpaired) electrons. The van der Waals surface area contributed by atoms with Crippen molar-refractivity contribution in [1.29, 1.82) is 0 Å². The van der Waals surface area contributed by atoms with E-state index < -0.39 is 23.5 Å². The molecule has 0 spiro atoms. The van der Waals surface area contributed by atoms with Gasteiger partial charge in [0.15, 0.2) is 6.61 Å². The molecule has 2 rings (SSSR count). The van der Waals surface area contributed by atoms with Gasteiger partial charge in [-0.05, 0) is 19.9 Å². The lowest BCUT2D eigenvalue weighted by molar-refractivity contribution is -0.384. The Labute approximate surface area is 144 Å². The van der Waals surface area contributed by atoms with Crippen LogP contribution in [0.15, 0.2) is 18.2 Å². The van der Waals surface area contributed by atoms with Crippen LogP contribution < -0.4 is 4.90 Å².